The van der Waals surface area contributed by atoms with Crippen molar-refractivity contribution in [3.8, 4) is 0 Å². The summed E-state index contributed by atoms with van der Waals surface area (Å²) < 4.78 is 0. The van der Waals surface area contributed by atoms with Crippen LogP contribution >= 0.6 is 0 Å². The van der Waals surface area contributed by atoms with Crippen molar-refractivity contribution in [2.24, 2.45) is 11.8 Å². The van der Waals surface area contributed by atoms with Gasteiger partial charge in [0, 0.05) is 117 Å². The zero-order valence-electron chi connectivity index (χ0n) is 73.4. The average molecular weight is 1640 g/mol. The van der Waals surface area contributed by atoms with Crippen molar-refractivity contribution in [1.82, 2.24) is 0 Å². The Morgan fingerprint density at radius 1 is 0.293 bits per heavy atom. The highest BCUT2D eigenvalue weighted by Crippen LogP contribution is 2.61. The first-order chi connectivity index (χ1) is 59.0. The summed E-state index contributed by atoms with van der Waals surface area (Å²) in [4.78, 5) is 9.07. The molecule has 0 saturated heterocycles. The maximum absolute atomic E-state index is 14.4. The van der Waals surface area contributed by atoms with Gasteiger partial charge in [0.2, 0.25) is 0 Å². The molecule has 3 atom stereocenters. The largest absolute Gasteiger partial charge is 0.851 e. The van der Waals surface area contributed by atoms with Crippen molar-refractivity contribution in [3.05, 3.63) is 215 Å². The molecule has 123 heavy (non-hydrogen) atoms. The number of hydrogen-bond acceptors (Lipinski definition) is 18. The number of benzene rings is 12. The first kappa shape index (κ1) is 79.7. The monoisotopic (exact) mass is 1640 g/mol. The molecule has 8 N–H and O–H groups in total. The number of rotatable bonds is 9. The quantitative estimate of drug-likeness (QED) is 0.0669. The molecule has 23 rings (SSSR count). The summed E-state index contributed by atoms with van der Waals surface area (Å²) in [6.45, 7) is 22.0. The van der Waals surface area contributed by atoms with Crippen LogP contribution in [0.5, 0.6) is 0 Å². The van der Waals surface area contributed by atoms with Gasteiger partial charge in [0.15, 0.2) is 0 Å². The summed E-state index contributed by atoms with van der Waals surface area (Å²) in [6.07, 6.45) is 5.24. The second-order valence-electron chi connectivity index (χ2n) is 39.7. The van der Waals surface area contributed by atoms with E-state index in [0.717, 1.165) is 237 Å². The normalized spacial score (nSPS) is 30.2. The zero-order chi connectivity index (χ0) is 85.4. The van der Waals surface area contributed by atoms with Crippen LogP contribution in [-0.2, 0) is 0 Å². The van der Waals surface area contributed by atoms with Crippen LogP contribution in [0, 0.1) is 11.8 Å². The highest BCUT2D eigenvalue weighted by Gasteiger charge is 2.51. The third-order valence-electron chi connectivity index (χ3n) is 32.6. The SMILES string of the molecule is CC1CCC2(CC1)Nc1cccc3ccc(C4C([O-])C(c5ccc6cccc7c6c5NC5(CCC(C)CC5)N7)C4[O-])c(c13)N2.CCC1(C)Nc2cccc3ccc(C4C([O-])C(c5ccc6cccc7c6c5NC(CC)(CC)N7)C4[O-])c(c23)N1.CN1c2cccc3ccc(C4C([O-])C(c5ccc6cccc7c6c5N(C)C(C)(C)N7C)C4[O-])c(c23)N(C)C1(C)C. The van der Waals surface area contributed by atoms with E-state index < -0.39 is 72.1 Å². The maximum atomic E-state index is 14.4. The van der Waals surface area contributed by atoms with E-state index in [2.05, 4.69) is 317 Å². The molecule has 5 saturated carbocycles. The van der Waals surface area contributed by atoms with E-state index in [1.54, 1.807) is 0 Å². The molecule has 638 valence electrons. The Morgan fingerprint density at radius 2 is 0.569 bits per heavy atom. The molecule has 0 aromatic heterocycles. The van der Waals surface area contributed by atoms with Crippen molar-refractivity contribution in [1.29, 1.82) is 0 Å². The Balaban J connectivity index is 0.000000114. The van der Waals surface area contributed by atoms with Crippen molar-refractivity contribution in [2.75, 3.05) is 90.3 Å². The van der Waals surface area contributed by atoms with E-state index >= 15 is 0 Å². The standard InChI is InChI=1S/C38H42N4O2.C34H38N4O2.C33H36N4O2/c1-21-13-17-37(18-14-21)39-27-7-3-5-23-9-11-25(33(41-37)29(23)27)31-35(43)32(36(31)44)26-12-10-24-6-4-8-28-30(24)34(26)42-38(40-28)19-15-22(2)16-20-38;1-33(2)35(5)23-13-9-11-19-15-17-21(29(25(19)23)37(33)7)27-31(39)28(32(27)40)22-18-16-20-12-10-14-24-26(20)30(22)38(8)34(3,4)36(24)6;1-5-32(4)34-22-12-8-10-18-14-16-20(28(36-32)24(18)22)26-30(38)27(31(26)39)21-17-15-19-11-9-13-23-25(19)29(21)37-33(6-2,7-3)35-23/h3-12,21-22,31-32,35-36,39-42H,13-20H2,1-2H3;9-18,27-28,31-32H,1-8H3;8-17,26-27,30-31,34-37H,5-7H2,1-4H3/q3*-2. The van der Waals surface area contributed by atoms with Gasteiger partial charge in [-0.25, -0.2) is 0 Å². The molecule has 12 aromatic carbocycles. The molecule has 0 radical (unpaired) electrons. The van der Waals surface area contributed by atoms with Gasteiger partial charge in [0.05, 0.1) is 11.4 Å². The fourth-order valence-corrected chi connectivity index (χ4v) is 23.9. The summed E-state index contributed by atoms with van der Waals surface area (Å²) in [5.41, 5.74) is 16.2. The van der Waals surface area contributed by atoms with Gasteiger partial charge in [-0.15, -0.1) is 36.6 Å². The Bertz CT molecular complexity index is 6000. The number of anilines is 12. The Hall–Kier alpha value is -10.4. The molecule has 5 fully saturated rings. The average Bonchev–Trinajstić information content (AvgIpc) is 0.686. The van der Waals surface area contributed by atoms with Crippen LogP contribution < -0.4 is 92.8 Å². The minimum atomic E-state index is -1.02. The fourth-order valence-electron chi connectivity index (χ4n) is 23.9. The van der Waals surface area contributed by atoms with Crippen LogP contribution in [0.2, 0.25) is 0 Å². The summed E-state index contributed by atoms with van der Waals surface area (Å²) in [5.74, 6) is -2.13. The van der Waals surface area contributed by atoms with Gasteiger partial charge < -0.3 is 92.8 Å². The maximum Gasteiger partial charge on any atom is 0.108 e. The van der Waals surface area contributed by atoms with E-state index in [9.17, 15) is 30.6 Å². The molecular weight excluding hydrogens is 1530 g/mol. The Labute approximate surface area is 722 Å². The number of hydrogen-bond donors (Lipinski definition) is 8. The lowest BCUT2D eigenvalue weighted by Gasteiger charge is -2.63. The molecule has 6 aliphatic heterocycles. The first-order valence-corrected chi connectivity index (χ1v) is 45.5. The lowest BCUT2D eigenvalue weighted by molar-refractivity contribution is -0.536. The van der Waals surface area contributed by atoms with Crippen molar-refractivity contribution >= 4 is 133 Å². The van der Waals surface area contributed by atoms with Crippen LogP contribution in [-0.4, -0.2) is 98.8 Å². The fraction of sp³-hybridized carbons (Fsp3) is 0.429. The Morgan fingerprint density at radius 3 is 0.894 bits per heavy atom. The van der Waals surface area contributed by atoms with Gasteiger partial charge >= 0.3 is 0 Å². The number of nitrogens with zero attached hydrogens (tertiary/aromatic N) is 4. The lowest BCUT2D eigenvalue weighted by atomic mass is 9.62. The predicted octanol–water partition coefficient (Wildman–Crippen LogP) is 17.0. The third-order valence-corrected chi connectivity index (χ3v) is 32.6. The molecule has 18 nitrogen and oxygen atoms in total. The van der Waals surface area contributed by atoms with Crippen LogP contribution in [0.15, 0.2) is 182 Å². The van der Waals surface area contributed by atoms with E-state index in [1.165, 1.54) is 0 Å². The van der Waals surface area contributed by atoms with Crippen LogP contribution in [0.25, 0.3) is 64.6 Å². The minimum Gasteiger partial charge on any atom is -0.851 e. The molecule has 6 heterocycles. The van der Waals surface area contributed by atoms with Crippen LogP contribution in [0.4, 0.5) is 68.2 Å². The molecule has 5 aliphatic carbocycles. The highest BCUT2D eigenvalue weighted by atomic mass is 16.3. The second kappa shape index (κ2) is 28.5. The molecular formula is C105H116N12O6-6. The molecule has 3 unspecified atom stereocenters. The smallest absolute Gasteiger partial charge is 0.108 e. The molecule has 12 aromatic rings. The first-order valence-electron chi connectivity index (χ1n) is 45.5. The van der Waals surface area contributed by atoms with E-state index in [4.69, 9.17) is 0 Å². The van der Waals surface area contributed by atoms with E-state index in [-0.39, 0.29) is 34.0 Å². The van der Waals surface area contributed by atoms with E-state index in [0.29, 0.717) is 11.8 Å². The van der Waals surface area contributed by atoms with Crippen molar-refractivity contribution in [3.63, 3.8) is 0 Å². The van der Waals surface area contributed by atoms with Gasteiger partial charge in [-0.2, -0.15) is 0 Å². The van der Waals surface area contributed by atoms with Gasteiger partial charge in [0.1, 0.15) is 34.0 Å². The van der Waals surface area contributed by atoms with Gasteiger partial charge in [-0.1, -0.05) is 180 Å². The third kappa shape index (κ3) is 11.8. The Kier molecular flexibility index (Phi) is 18.5. The second-order valence-corrected chi connectivity index (χ2v) is 39.7. The van der Waals surface area contributed by atoms with Gasteiger partial charge in [-0.05, 0) is 255 Å². The molecule has 2 spiro atoms. The van der Waals surface area contributed by atoms with Crippen molar-refractivity contribution < 1.29 is 30.6 Å². The minimum absolute atomic E-state index is 0.231. The van der Waals surface area contributed by atoms with Crippen molar-refractivity contribution in [2.45, 2.75) is 246 Å². The predicted molar refractivity (Wildman–Crippen MR) is 496 cm³/mol. The lowest BCUT2D eigenvalue weighted by Crippen LogP contribution is -2.65. The molecule has 18 heteroatoms. The highest BCUT2D eigenvalue weighted by molar-refractivity contribution is 6.13. The summed E-state index contributed by atoms with van der Waals surface area (Å²) >= 11 is 0. The summed E-state index contributed by atoms with van der Waals surface area (Å²) in [5, 5.41) is 129. The summed E-state index contributed by atoms with van der Waals surface area (Å²) in [6, 6.07) is 62.7. The summed E-state index contributed by atoms with van der Waals surface area (Å²) in [7, 11) is 8.40. The molecule has 11 aliphatic rings. The number of nitrogens with one attached hydrogen (secondary N) is 8. The molecule has 0 amide bonds. The van der Waals surface area contributed by atoms with Crippen LogP contribution in [0.1, 0.15) is 209 Å². The van der Waals surface area contributed by atoms with Crippen LogP contribution in [0.3, 0.4) is 0 Å². The molecule has 0 bridgehead atoms. The van der Waals surface area contributed by atoms with Gasteiger partial charge in [-0.3, -0.25) is 0 Å². The van der Waals surface area contributed by atoms with Gasteiger partial charge in [0.25, 0.3) is 0 Å². The zero-order valence-corrected chi connectivity index (χ0v) is 73.4. The van der Waals surface area contributed by atoms with E-state index in [1.807, 2.05) is 24.3 Å². The topological polar surface area (TPSA) is 248 Å².